The largest absolute Gasteiger partial charge is 0.325 e. The van der Waals surface area contributed by atoms with Gasteiger partial charge < -0.3 is 5.32 Å². The molecule has 0 spiro atoms. The summed E-state index contributed by atoms with van der Waals surface area (Å²) in [5, 5.41) is 22.6. The van der Waals surface area contributed by atoms with Crippen molar-refractivity contribution in [2.75, 3.05) is 11.1 Å². The first-order valence-corrected chi connectivity index (χ1v) is 12.5. The van der Waals surface area contributed by atoms with Gasteiger partial charge in [0.15, 0.2) is 0 Å². The molecule has 0 aliphatic heterocycles. The van der Waals surface area contributed by atoms with Gasteiger partial charge in [-0.05, 0) is 57.2 Å². The van der Waals surface area contributed by atoms with Crippen molar-refractivity contribution in [1.29, 1.82) is 0 Å². The highest BCUT2D eigenvalue weighted by atomic mass is 32.2. The molecule has 0 bridgehead atoms. The molecule has 0 saturated heterocycles. The lowest BCUT2D eigenvalue weighted by Crippen LogP contribution is -2.15. The lowest BCUT2D eigenvalue weighted by Gasteiger charge is -2.06. The Kier molecular flexibility index (Phi) is 6.19. The third kappa shape index (κ3) is 4.90. The van der Waals surface area contributed by atoms with Gasteiger partial charge >= 0.3 is 0 Å². The molecule has 11 heteroatoms. The molecule has 0 atom stereocenters. The zero-order valence-corrected chi connectivity index (χ0v) is 19.9. The predicted octanol–water partition coefficient (Wildman–Crippen LogP) is 3.12. The maximum absolute atomic E-state index is 12.4. The van der Waals surface area contributed by atoms with Gasteiger partial charge in [0.05, 0.1) is 27.7 Å². The van der Waals surface area contributed by atoms with Gasteiger partial charge in [-0.2, -0.15) is 10.2 Å². The third-order valence-corrected chi connectivity index (χ3v) is 6.94. The summed E-state index contributed by atoms with van der Waals surface area (Å²) in [6.07, 6.45) is 0. The fourth-order valence-electron chi connectivity index (χ4n) is 3.40. The molecule has 2 aromatic heterocycles. The lowest BCUT2D eigenvalue weighted by molar-refractivity contribution is -0.113. The van der Waals surface area contributed by atoms with Crippen molar-refractivity contribution in [3.8, 4) is 5.69 Å². The van der Waals surface area contributed by atoms with E-state index in [1.807, 2.05) is 49.7 Å². The van der Waals surface area contributed by atoms with Crippen LogP contribution in [0.15, 0.2) is 58.5 Å². The second-order valence-electron chi connectivity index (χ2n) is 7.55. The molecule has 2 heterocycles. The van der Waals surface area contributed by atoms with Crippen LogP contribution in [-0.4, -0.2) is 40.1 Å². The van der Waals surface area contributed by atoms with Crippen molar-refractivity contribution in [3.05, 3.63) is 65.5 Å². The molecule has 0 saturated carbocycles. The second-order valence-corrected chi connectivity index (χ2v) is 10.1. The molecule has 33 heavy (non-hydrogen) atoms. The molecule has 0 fully saturated rings. The number of hydrogen-bond acceptors (Lipinski definition) is 7. The minimum Gasteiger partial charge on any atom is -0.325 e. The van der Waals surface area contributed by atoms with Crippen LogP contribution in [0.1, 0.15) is 17.0 Å². The number of fused-ring (bicyclic) bond motifs is 1. The molecular formula is C22H22N6O3S2. The molecule has 4 aromatic rings. The zero-order chi connectivity index (χ0) is 23.8. The van der Waals surface area contributed by atoms with Crippen molar-refractivity contribution < 1.29 is 13.2 Å². The van der Waals surface area contributed by atoms with Crippen LogP contribution in [0.2, 0.25) is 0 Å². The molecule has 9 nitrogen and oxygen atoms in total. The summed E-state index contributed by atoms with van der Waals surface area (Å²) < 4.78 is 24.6. The molecule has 2 aromatic carbocycles. The van der Waals surface area contributed by atoms with Crippen LogP contribution in [0.5, 0.6) is 0 Å². The summed E-state index contributed by atoms with van der Waals surface area (Å²) >= 11 is 1.24. The first kappa shape index (κ1) is 22.9. The van der Waals surface area contributed by atoms with Crippen LogP contribution in [0.3, 0.4) is 0 Å². The number of amides is 1. The highest BCUT2D eigenvalue weighted by molar-refractivity contribution is 8.00. The van der Waals surface area contributed by atoms with E-state index >= 15 is 0 Å². The van der Waals surface area contributed by atoms with E-state index in [-0.39, 0.29) is 16.6 Å². The number of aromatic nitrogens is 4. The number of nitrogens with one attached hydrogen (secondary N) is 1. The summed E-state index contributed by atoms with van der Waals surface area (Å²) in [6, 6.07) is 13.7. The fourth-order valence-corrected chi connectivity index (χ4v) is 4.63. The zero-order valence-electron chi connectivity index (χ0n) is 18.2. The Morgan fingerprint density at radius 3 is 2.33 bits per heavy atom. The molecule has 0 aliphatic rings. The van der Waals surface area contributed by atoms with Gasteiger partial charge in [0, 0.05) is 11.1 Å². The quantitative estimate of drug-likeness (QED) is 0.403. The van der Waals surface area contributed by atoms with Crippen LogP contribution >= 0.6 is 11.8 Å². The smallest absolute Gasteiger partial charge is 0.238 e. The Morgan fingerprint density at radius 2 is 1.70 bits per heavy atom. The fraction of sp³-hybridized carbons (Fsp3) is 0.182. The van der Waals surface area contributed by atoms with Crippen LogP contribution in [-0.2, 0) is 14.8 Å². The minimum atomic E-state index is -3.78. The summed E-state index contributed by atoms with van der Waals surface area (Å²) in [5.74, 6) is -0.186. The van der Waals surface area contributed by atoms with E-state index in [2.05, 4.69) is 15.5 Å². The van der Waals surface area contributed by atoms with E-state index < -0.39 is 10.0 Å². The van der Waals surface area contributed by atoms with Gasteiger partial charge in [-0.15, -0.1) is 5.10 Å². The minimum absolute atomic E-state index is 0.0215. The number of rotatable bonds is 6. The predicted molar refractivity (Wildman–Crippen MR) is 128 cm³/mol. The van der Waals surface area contributed by atoms with Crippen molar-refractivity contribution >= 4 is 44.3 Å². The van der Waals surface area contributed by atoms with Gasteiger partial charge in [-0.3, -0.25) is 4.79 Å². The van der Waals surface area contributed by atoms with Gasteiger partial charge in [0.1, 0.15) is 10.5 Å². The normalized spacial score (nSPS) is 11.6. The second kappa shape index (κ2) is 8.93. The molecule has 0 radical (unpaired) electrons. The SMILES string of the molecule is Cc1ccc(-n2nc3c(SCC(=O)Nc4ccc(S(N)(=O)=O)cc4)nnc(C)c3c2C)cc1. The van der Waals surface area contributed by atoms with Crippen LogP contribution in [0.25, 0.3) is 16.6 Å². The van der Waals surface area contributed by atoms with Crippen molar-refractivity contribution in [1.82, 2.24) is 20.0 Å². The van der Waals surface area contributed by atoms with E-state index in [0.717, 1.165) is 28.0 Å². The maximum atomic E-state index is 12.4. The van der Waals surface area contributed by atoms with Crippen LogP contribution < -0.4 is 10.5 Å². The third-order valence-electron chi connectivity index (χ3n) is 5.06. The molecular weight excluding hydrogens is 460 g/mol. The van der Waals surface area contributed by atoms with E-state index in [1.54, 1.807) is 0 Å². The van der Waals surface area contributed by atoms with Crippen molar-refractivity contribution in [2.24, 2.45) is 5.14 Å². The molecule has 3 N–H and O–H groups in total. The van der Waals surface area contributed by atoms with Gasteiger partial charge in [-0.1, -0.05) is 29.5 Å². The molecule has 1 amide bonds. The number of sulfonamides is 1. The molecule has 0 unspecified atom stereocenters. The van der Waals surface area contributed by atoms with E-state index in [9.17, 15) is 13.2 Å². The number of benzene rings is 2. The Morgan fingerprint density at radius 1 is 1.03 bits per heavy atom. The van der Waals surface area contributed by atoms with Gasteiger partial charge in [-0.25, -0.2) is 18.2 Å². The topological polar surface area (TPSA) is 133 Å². The van der Waals surface area contributed by atoms with Gasteiger partial charge in [0.2, 0.25) is 15.9 Å². The number of carbonyl (C=O) groups excluding carboxylic acids is 1. The first-order chi connectivity index (χ1) is 15.6. The number of anilines is 1. The monoisotopic (exact) mass is 482 g/mol. The Hall–Kier alpha value is -3.28. The Labute approximate surface area is 195 Å². The molecule has 170 valence electrons. The number of primary sulfonamides is 1. The van der Waals surface area contributed by atoms with Crippen molar-refractivity contribution in [2.45, 2.75) is 30.7 Å². The number of thioether (sulfide) groups is 1. The lowest BCUT2D eigenvalue weighted by atomic mass is 10.2. The molecule has 4 rings (SSSR count). The highest BCUT2D eigenvalue weighted by Crippen LogP contribution is 2.30. The van der Waals surface area contributed by atoms with Crippen molar-refractivity contribution in [3.63, 3.8) is 0 Å². The van der Waals surface area contributed by atoms with E-state index in [4.69, 9.17) is 10.2 Å². The number of carbonyl (C=O) groups is 1. The number of nitrogens with zero attached hydrogens (tertiary/aromatic N) is 4. The van der Waals surface area contributed by atoms with Crippen LogP contribution in [0.4, 0.5) is 5.69 Å². The summed E-state index contributed by atoms with van der Waals surface area (Å²) in [6.45, 7) is 5.90. The highest BCUT2D eigenvalue weighted by Gasteiger charge is 2.18. The first-order valence-electron chi connectivity index (χ1n) is 9.98. The Balaban J connectivity index is 1.54. The Bertz CT molecular complexity index is 1450. The summed E-state index contributed by atoms with van der Waals surface area (Å²) in [5.41, 5.74) is 4.97. The van der Waals surface area contributed by atoms with Gasteiger partial charge in [0.25, 0.3) is 0 Å². The van der Waals surface area contributed by atoms with E-state index in [1.165, 1.54) is 36.0 Å². The maximum Gasteiger partial charge on any atom is 0.238 e. The molecule has 0 aliphatic carbocycles. The number of aryl methyl sites for hydroxylation is 3. The van der Waals surface area contributed by atoms with Crippen LogP contribution in [0, 0.1) is 20.8 Å². The number of hydrogen-bond donors (Lipinski definition) is 2. The average Bonchev–Trinajstić information content (AvgIpc) is 3.12. The van der Waals surface area contributed by atoms with E-state index in [0.29, 0.717) is 16.2 Å². The summed E-state index contributed by atoms with van der Waals surface area (Å²) in [7, 11) is -3.78. The number of nitrogens with two attached hydrogens (primary N) is 1. The standard InChI is InChI=1S/C22H22N6O3S2/c1-13-4-8-17(9-5-13)28-15(3)20-14(2)25-26-22(21(20)27-28)32-12-19(29)24-16-6-10-18(11-7-16)33(23,30)31/h4-11H,12H2,1-3H3,(H,24,29)(H2,23,30,31). The summed E-state index contributed by atoms with van der Waals surface area (Å²) in [4.78, 5) is 12.4. The average molecular weight is 483 g/mol.